The minimum Gasteiger partial charge on any atom is -0.480 e. The lowest BCUT2D eigenvalue weighted by Gasteiger charge is -2.07. The molecule has 1 atom stereocenters. The van der Waals surface area contributed by atoms with E-state index in [0.717, 1.165) is 6.42 Å². The highest BCUT2D eigenvalue weighted by molar-refractivity contribution is 5.73. The second-order valence-electron chi connectivity index (χ2n) is 3.23. The van der Waals surface area contributed by atoms with E-state index >= 15 is 0 Å². The van der Waals surface area contributed by atoms with Gasteiger partial charge in [0.2, 0.25) is 0 Å². The summed E-state index contributed by atoms with van der Waals surface area (Å²) < 4.78 is 0. The Labute approximate surface area is 89.2 Å². The van der Waals surface area contributed by atoms with Gasteiger partial charge < -0.3 is 21.5 Å². The minimum absolute atomic E-state index is 0.194. The summed E-state index contributed by atoms with van der Waals surface area (Å²) in [5.41, 5.74) is 5.31. The summed E-state index contributed by atoms with van der Waals surface area (Å²) in [5.74, 6) is -0.980. The number of rotatable bonds is 7. The van der Waals surface area contributed by atoms with E-state index in [9.17, 15) is 9.59 Å². The molecule has 15 heavy (non-hydrogen) atoms. The molecule has 0 heterocycles. The summed E-state index contributed by atoms with van der Waals surface area (Å²) >= 11 is 0. The first-order chi connectivity index (χ1) is 7.07. The molecule has 5 N–H and O–H groups in total. The molecular formula is C9H19N3O3. The van der Waals surface area contributed by atoms with Gasteiger partial charge >= 0.3 is 12.0 Å². The molecule has 0 bridgehead atoms. The molecule has 0 aliphatic carbocycles. The standard InChI is InChI=1S/C9H19N3O3/c1-2-11-9(15)12-6-4-3-5-7(10)8(13)14/h7H,2-6,10H2,1H3,(H,13,14)(H2,11,12,15)/t7-/m0/s1. The summed E-state index contributed by atoms with van der Waals surface area (Å²) in [4.78, 5) is 21.3. The number of carboxylic acid groups (broad SMARTS) is 1. The van der Waals surface area contributed by atoms with E-state index in [0.29, 0.717) is 25.9 Å². The predicted octanol–water partition coefficient (Wildman–Crippen LogP) is -0.112. The minimum atomic E-state index is -0.980. The van der Waals surface area contributed by atoms with E-state index in [1.807, 2.05) is 6.92 Å². The molecule has 0 aliphatic heterocycles. The Kier molecular flexibility index (Phi) is 7.35. The highest BCUT2D eigenvalue weighted by Crippen LogP contribution is 1.97. The maximum Gasteiger partial charge on any atom is 0.320 e. The molecule has 88 valence electrons. The number of aliphatic carboxylic acids is 1. The van der Waals surface area contributed by atoms with Crippen LogP contribution in [0.2, 0.25) is 0 Å². The van der Waals surface area contributed by atoms with Crippen molar-refractivity contribution in [2.75, 3.05) is 13.1 Å². The maximum atomic E-state index is 10.9. The van der Waals surface area contributed by atoms with Gasteiger partial charge in [-0.3, -0.25) is 4.79 Å². The molecule has 0 rings (SSSR count). The smallest absolute Gasteiger partial charge is 0.320 e. The fourth-order valence-electron chi connectivity index (χ4n) is 1.04. The Morgan fingerprint density at radius 2 is 2.00 bits per heavy atom. The van der Waals surface area contributed by atoms with Crippen LogP contribution in [0.15, 0.2) is 0 Å². The first-order valence-corrected chi connectivity index (χ1v) is 5.08. The first-order valence-electron chi connectivity index (χ1n) is 5.08. The molecule has 6 nitrogen and oxygen atoms in total. The number of nitrogens with one attached hydrogen (secondary N) is 2. The van der Waals surface area contributed by atoms with E-state index < -0.39 is 12.0 Å². The van der Waals surface area contributed by atoms with Gasteiger partial charge in [-0.15, -0.1) is 0 Å². The molecule has 0 aliphatic rings. The largest absolute Gasteiger partial charge is 0.480 e. The number of hydrogen-bond acceptors (Lipinski definition) is 3. The van der Waals surface area contributed by atoms with Gasteiger partial charge in [-0.2, -0.15) is 0 Å². The van der Waals surface area contributed by atoms with Crippen LogP contribution in [0.5, 0.6) is 0 Å². The van der Waals surface area contributed by atoms with Crippen molar-refractivity contribution >= 4 is 12.0 Å². The van der Waals surface area contributed by atoms with Crippen molar-refractivity contribution < 1.29 is 14.7 Å². The van der Waals surface area contributed by atoms with E-state index in [1.165, 1.54) is 0 Å². The Morgan fingerprint density at radius 3 is 2.53 bits per heavy atom. The lowest BCUT2D eigenvalue weighted by atomic mass is 10.1. The van der Waals surface area contributed by atoms with Crippen LogP contribution in [0, 0.1) is 0 Å². The van der Waals surface area contributed by atoms with Crippen molar-refractivity contribution in [3.05, 3.63) is 0 Å². The van der Waals surface area contributed by atoms with Crippen molar-refractivity contribution in [3.8, 4) is 0 Å². The van der Waals surface area contributed by atoms with Gasteiger partial charge in [0.25, 0.3) is 0 Å². The molecule has 0 radical (unpaired) electrons. The molecule has 6 heteroatoms. The van der Waals surface area contributed by atoms with Gasteiger partial charge in [0.05, 0.1) is 0 Å². The van der Waals surface area contributed by atoms with E-state index in [-0.39, 0.29) is 6.03 Å². The van der Waals surface area contributed by atoms with Crippen LogP contribution in [0.3, 0.4) is 0 Å². The second kappa shape index (κ2) is 8.05. The van der Waals surface area contributed by atoms with Crippen LogP contribution >= 0.6 is 0 Å². The Hall–Kier alpha value is -1.30. The monoisotopic (exact) mass is 217 g/mol. The molecule has 0 spiro atoms. The Bertz CT molecular complexity index is 209. The van der Waals surface area contributed by atoms with Gasteiger partial charge in [0.15, 0.2) is 0 Å². The zero-order chi connectivity index (χ0) is 11.7. The van der Waals surface area contributed by atoms with Crippen LogP contribution in [0.4, 0.5) is 4.79 Å². The number of amides is 2. The highest BCUT2D eigenvalue weighted by atomic mass is 16.4. The van der Waals surface area contributed by atoms with Crippen LogP contribution in [0.25, 0.3) is 0 Å². The molecule has 0 aromatic rings. The van der Waals surface area contributed by atoms with Gasteiger partial charge in [-0.25, -0.2) is 4.79 Å². The van der Waals surface area contributed by atoms with E-state index in [4.69, 9.17) is 10.8 Å². The summed E-state index contributed by atoms with van der Waals surface area (Å²) in [6, 6.07) is -0.991. The lowest BCUT2D eigenvalue weighted by Crippen LogP contribution is -2.36. The van der Waals surface area contributed by atoms with Gasteiger partial charge in [0.1, 0.15) is 6.04 Å². The first kappa shape index (κ1) is 13.7. The summed E-state index contributed by atoms with van der Waals surface area (Å²) in [6.07, 6.45) is 1.87. The van der Waals surface area contributed by atoms with Crippen molar-refractivity contribution in [1.29, 1.82) is 0 Å². The molecule has 0 aromatic carbocycles. The van der Waals surface area contributed by atoms with Gasteiger partial charge in [-0.1, -0.05) is 0 Å². The zero-order valence-electron chi connectivity index (χ0n) is 8.95. The number of carbonyl (C=O) groups excluding carboxylic acids is 1. The topological polar surface area (TPSA) is 104 Å². The molecule has 0 fully saturated rings. The van der Waals surface area contributed by atoms with Crippen molar-refractivity contribution in [2.45, 2.75) is 32.2 Å². The van der Waals surface area contributed by atoms with Crippen LogP contribution in [0.1, 0.15) is 26.2 Å². The molecule has 0 aromatic heterocycles. The summed E-state index contributed by atoms with van der Waals surface area (Å²) in [5, 5.41) is 13.7. The van der Waals surface area contributed by atoms with Crippen molar-refractivity contribution in [2.24, 2.45) is 5.73 Å². The fourth-order valence-corrected chi connectivity index (χ4v) is 1.04. The quantitative estimate of drug-likeness (QED) is 0.446. The molecule has 0 unspecified atom stereocenters. The van der Waals surface area contributed by atoms with Crippen LogP contribution in [-0.2, 0) is 4.79 Å². The van der Waals surface area contributed by atoms with Gasteiger partial charge in [0, 0.05) is 13.1 Å². The van der Waals surface area contributed by atoms with E-state index in [2.05, 4.69) is 10.6 Å². The molecule has 0 saturated heterocycles. The third-order valence-corrected chi connectivity index (χ3v) is 1.88. The van der Waals surface area contributed by atoms with Crippen LogP contribution < -0.4 is 16.4 Å². The highest BCUT2D eigenvalue weighted by Gasteiger charge is 2.09. The average Bonchev–Trinajstić information content (AvgIpc) is 2.17. The molecule has 0 saturated carbocycles. The Morgan fingerprint density at radius 1 is 1.33 bits per heavy atom. The number of urea groups is 1. The third-order valence-electron chi connectivity index (χ3n) is 1.88. The van der Waals surface area contributed by atoms with Crippen LogP contribution in [-0.4, -0.2) is 36.2 Å². The predicted molar refractivity (Wildman–Crippen MR) is 56.5 cm³/mol. The number of carbonyl (C=O) groups is 2. The number of carboxylic acids is 1. The lowest BCUT2D eigenvalue weighted by molar-refractivity contribution is -0.138. The maximum absolute atomic E-state index is 10.9. The second-order valence-corrected chi connectivity index (χ2v) is 3.23. The fraction of sp³-hybridized carbons (Fsp3) is 0.778. The SMILES string of the molecule is CCNC(=O)NCCCC[C@H](N)C(=O)O. The number of unbranched alkanes of at least 4 members (excludes halogenated alkanes) is 1. The molecular weight excluding hydrogens is 198 g/mol. The third kappa shape index (κ3) is 7.75. The Balaban J connectivity index is 3.32. The number of hydrogen-bond donors (Lipinski definition) is 4. The normalized spacial score (nSPS) is 11.9. The zero-order valence-corrected chi connectivity index (χ0v) is 8.95. The average molecular weight is 217 g/mol. The van der Waals surface area contributed by atoms with Crippen molar-refractivity contribution in [3.63, 3.8) is 0 Å². The van der Waals surface area contributed by atoms with Gasteiger partial charge in [-0.05, 0) is 26.2 Å². The van der Waals surface area contributed by atoms with E-state index in [1.54, 1.807) is 0 Å². The van der Waals surface area contributed by atoms with Crippen molar-refractivity contribution in [1.82, 2.24) is 10.6 Å². The molecule has 2 amide bonds. The summed E-state index contributed by atoms with van der Waals surface area (Å²) in [7, 11) is 0. The number of nitrogens with two attached hydrogens (primary N) is 1. The summed E-state index contributed by atoms with van der Waals surface area (Å²) in [6.45, 7) is 2.97.